The number of hydrogen-bond donors (Lipinski definition) is 3. The second-order valence-corrected chi connectivity index (χ2v) is 3.24. The number of halogens is 1. The molecule has 1 saturated heterocycles. The first kappa shape index (κ1) is 9.41. The summed E-state index contributed by atoms with van der Waals surface area (Å²) in [6, 6.07) is 0. The number of rotatable bonds is 1. The molecule has 3 N–H and O–H groups in total. The lowest BCUT2D eigenvalue weighted by Gasteiger charge is -2.33. The molecule has 1 fully saturated rings. The largest absolute Gasteiger partial charge is 0.390 e. The van der Waals surface area contributed by atoms with Crippen LogP contribution in [0, 0.1) is 0 Å². The van der Waals surface area contributed by atoms with Crippen LogP contribution in [0.25, 0.3) is 0 Å². The minimum Gasteiger partial charge on any atom is -0.390 e. The van der Waals surface area contributed by atoms with E-state index in [2.05, 4.69) is 15.9 Å². The van der Waals surface area contributed by atoms with Crippen molar-refractivity contribution in [3.8, 4) is 0 Å². The Morgan fingerprint density at radius 1 is 1.27 bits per heavy atom. The molecule has 0 radical (unpaired) electrons. The van der Waals surface area contributed by atoms with Crippen molar-refractivity contribution in [1.82, 2.24) is 0 Å². The van der Waals surface area contributed by atoms with Gasteiger partial charge in [-0.25, -0.2) is 0 Å². The maximum atomic E-state index is 9.23. The first-order chi connectivity index (χ1) is 5.15. The lowest BCUT2D eigenvalue weighted by Crippen LogP contribution is -2.47. The summed E-state index contributed by atoms with van der Waals surface area (Å²) in [6.07, 6.45) is -3.10. The van der Waals surface area contributed by atoms with Gasteiger partial charge < -0.3 is 20.1 Å². The average molecular weight is 227 g/mol. The Bertz CT molecular complexity index is 132. The normalized spacial score (nSPS) is 45.8. The quantitative estimate of drug-likeness (QED) is 0.513. The molecule has 1 aliphatic rings. The number of aliphatic hydroxyl groups is 3. The van der Waals surface area contributed by atoms with Gasteiger partial charge in [-0.15, -0.1) is 0 Å². The van der Waals surface area contributed by atoms with E-state index in [1.54, 1.807) is 0 Å². The van der Waals surface area contributed by atoms with Gasteiger partial charge >= 0.3 is 0 Å². The van der Waals surface area contributed by atoms with Crippen molar-refractivity contribution in [2.24, 2.45) is 0 Å². The van der Waals surface area contributed by atoms with Crippen molar-refractivity contribution in [3.63, 3.8) is 0 Å². The highest BCUT2D eigenvalue weighted by Gasteiger charge is 2.34. The third-order valence-electron chi connectivity index (χ3n) is 1.71. The monoisotopic (exact) mass is 226 g/mol. The van der Waals surface area contributed by atoms with Gasteiger partial charge in [0.15, 0.2) is 6.29 Å². The number of aliphatic hydroxyl groups excluding tert-OH is 3. The van der Waals surface area contributed by atoms with Crippen molar-refractivity contribution in [2.75, 3.05) is 5.33 Å². The van der Waals surface area contributed by atoms with E-state index in [1.165, 1.54) is 0 Å². The maximum absolute atomic E-state index is 9.23. The van der Waals surface area contributed by atoms with E-state index >= 15 is 0 Å². The zero-order chi connectivity index (χ0) is 8.43. The van der Waals surface area contributed by atoms with Gasteiger partial charge in [-0.1, -0.05) is 15.9 Å². The number of ether oxygens (including phenoxy) is 1. The maximum Gasteiger partial charge on any atom is 0.181 e. The standard InChI is InChI=1S/C6H11BrO4/c7-2-5-3(8)1-4(9)6(10)11-5/h3-6,8-10H,1-2H2/t3-,4+,5+,6-/m0/s1. The van der Waals surface area contributed by atoms with Crippen LogP contribution in [0.2, 0.25) is 0 Å². The van der Waals surface area contributed by atoms with Crippen LogP contribution in [-0.2, 0) is 4.74 Å². The average Bonchev–Trinajstić information content (AvgIpc) is 1.97. The van der Waals surface area contributed by atoms with E-state index in [-0.39, 0.29) is 6.42 Å². The van der Waals surface area contributed by atoms with Gasteiger partial charge in [0.2, 0.25) is 0 Å². The fraction of sp³-hybridized carbons (Fsp3) is 1.00. The molecule has 0 spiro atoms. The molecular weight excluding hydrogens is 216 g/mol. The van der Waals surface area contributed by atoms with Crippen molar-refractivity contribution >= 4 is 15.9 Å². The van der Waals surface area contributed by atoms with E-state index in [0.717, 1.165) is 0 Å². The van der Waals surface area contributed by atoms with E-state index in [0.29, 0.717) is 5.33 Å². The summed E-state index contributed by atoms with van der Waals surface area (Å²) in [6.45, 7) is 0. The Balaban J connectivity index is 2.48. The first-order valence-corrected chi connectivity index (χ1v) is 4.53. The van der Waals surface area contributed by atoms with Crippen LogP contribution in [0.15, 0.2) is 0 Å². The number of alkyl halides is 1. The molecule has 4 nitrogen and oxygen atoms in total. The van der Waals surface area contributed by atoms with E-state index in [4.69, 9.17) is 14.9 Å². The molecule has 1 aliphatic heterocycles. The van der Waals surface area contributed by atoms with Gasteiger partial charge in [0.1, 0.15) is 6.10 Å². The minimum atomic E-state index is -1.17. The molecular formula is C6H11BrO4. The van der Waals surface area contributed by atoms with Crippen molar-refractivity contribution < 1.29 is 20.1 Å². The fourth-order valence-electron chi connectivity index (χ4n) is 1.02. The summed E-state index contributed by atoms with van der Waals surface area (Å²) < 4.78 is 4.87. The lowest BCUT2D eigenvalue weighted by atomic mass is 10.0. The van der Waals surface area contributed by atoms with Gasteiger partial charge in [0.05, 0.1) is 12.2 Å². The molecule has 0 saturated carbocycles. The molecule has 1 rings (SSSR count). The van der Waals surface area contributed by atoms with Crippen LogP contribution in [0.5, 0.6) is 0 Å². The molecule has 66 valence electrons. The third-order valence-corrected chi connectivity index (χ3v) is 2.35. The predicted molar refractivity (Wildman–Crippen MR) is 41.3 cm³/mol. The van der Waals surface area contributed by atoms with Crippen LogP contribution in [0.1, 0.15) is 6.42 Å². The highest BCUT2D eigenvalue weighted by Crippen LogP contribution is 2.19. The van der Waals surface area contributed by atoms with Gasteiger partial charge in [-0.2, -0.15) is 0 Å². The minimum absolute atomic E-state index is 0.164. The molecule has 5 heteroatoms. The predicted octanol–water partition coefficient (Wildman–Crippen LogP) is -0.790. The molecule has 0 aromatic heterocycles. The Kier molecular flexibility index (Phi) is 3.27. The third kappa shape index (κ3) is 2.13. The second kappa shape index (κ2) is 3.82. The Morgan fingerprint density at radius 2 is 1.91 bits per heavy atom. The van der Waals surface area contributed by atoms with Crippen molar-refractivity contribution in [3.05, 3.63) is 0 Å². The Hall–Kier alpha value is 0.320. The molecule has 4 atom stereocenters. The van der Waals surface area contributed by atoms with Crippen molar-refractivity contribution in [1.29, 1.82) is 0 Å². The van der Waals surface area contributed by atoms with Gasteiger partial charge in [-0.05, 0) is 0 Å². The smallest absolute Gasteiger partial charge is 0.181 e. The summed E-state index contributed by atoms with van der Waals surface area (Å²) in [5.74, 6) is 0. The molecule has 0 bridgehead atoms. The summed E-state index contributed by atoms with van der Waals surface area (Å²) in [7, 11) is 0. The molecule has 11 heavy (non-hydrogen) atoms. The Morgan fingerprint density at radius 3 is 2.45 bits per heavy atom. The fourth-order valence-corrected chi connectivity index (χ4v) is 1.60. The van der Waals surface area contributed by atoms with Crippen LogP contribution >= 0.6 is 15.9 Å². The topological polar surface area (TPSA) is 69.9 Å². The molecule has 0 aliphatic carbocycles. The van der Waals surface area contributed by atoms with E-state index in [9.17, 15) is 5.11 Å². The van der Waals surface area contributed by atoms with Gasteiger partial charge in [-0.3, -0.25) is 0 Å². The molecule has 0 amide bonds. The zero-order valence-electron chi connectivity index (χ0n) is 5.85. The molecule has 0 unspecified atom stereocenters. The van der Waals surface area contributed by atoms with Crippen LogP contribution in [0.3, 0.4) is 0 Å². The number of hydrogen-bond acceptors (Lipinski definition) is 4. The SMILES string of the molecule is O[C@@H]1C[C@H](O)[C@@H](CBr)O[C@@H]1O. The van der Waals surface area contributed by atoms with Gasteiger partial charge in [0.25, 0.3) is 0 Å². The molecule has 1 heterocycles. The lowest BCUT2D eigenvalue weighted by molar-refractivity contribution is -0.238. The van der Waals surface area contributed by atoms with Crippen LogP contribution in [-0.4, -0.2) is 45.3 Å². The highest BCUT2D eigenvalue weighted by molar-refractivity contribution is 9.09. The van der Waals surface area contributed by atoms with Gasteiger partial charge in [0, 0.05) is 11.8 Å². The zero-order valence-corrected chi connectivity index (χ0v) is 7.44. The van der Waals surface area contributed by atoms with Crippen molar-refractivity contribution in [2.45, 2.75) is 31.0 Å². The second-order valence-electron chi connectivity index (χ2n) is 2.59. The molecule has 0 aromatic carbocycles. The summed E-state index contributed by atoms with van der Waals surface area (Å²) in [5.41, 5.74) is 0. The molecule has 0 aromatic rings. The summed E-state index contributed by atoms with van der Waals surface area (Å²) in [4.78, 5) is 0. The summed E-state index contributed by atoms with van der Waals surface area (Å²) >= 11 is 3.12. The first-order valence-electron chi connectivity index (χ1n) is 3.40. The van der Waals surface area contributed by atoms with E-state index < -0.39 is 24.6 Å². The highest BCUT2D eigenvalue weighted by atomic mass is 79.9. The van der Waals surface area contributed by atoms with Crippen LogP contribution in [0.4, 0.5) is 0 Å². The van der Waals surface area contributed by atoms with Crippen LogP contribution < -0.4 is 0 Å². The van der Waals surface area contributed by atoms with E-state index in [1.807, 2.05) is 0 Å². The summed E-state index contributed by atoms with van der Waals surface area (Å²) in [5, 5.41) is 27.7. The Labute approximate surface area is 72.9 Å².